The maximum absolute atomic E-state index is 12.6. The lowest BCUT2D eigenvalue weighted by Gasteiger charge is -2.42. The molecule has 2 saturated heterocycles. The summed E-state index contributed by atoms with van der Waals surface area (Å²) in [5.41, 5.74) is 1.93. The van der Waals surface area contributed by atoms with Crippen LogP contribution in [0.15, 0.2) is 30.5 Å². The highest BCUT2D eigenvalue weighted by Crippen LogP contribution is 2.32. The number of nitrogens with zero attached hydrogens (tertiary/aromatic N) is 1. The average molecular weight is 310 g/mol. The van der Waals surface area contributed by atoms with Gasteiger partial charge >= 0.3 is 0 Å². The second-order valence-electron chi connectivity index (χ2n) is 7.29. The van der Waals surface area contributed by atoms with Gasteiger partial charge in [0.05, 0.1) is 0 Å². The van der Waals surface area contributed by atoms with Crippen LogP contribution in [0.25, 0.3) is 10.9 Å². The molecule has 4 rings (SSSR count). The Kier molecular flexibility index (Phi) is 4.21. The Hall–Kier alpha value is -1.61. The van der Waals surface area contributed by atoms with Crippen molar-refractivity contribution in [1.29, 1.82) is 0 Å². The number of aromatic amines is 1. The maximum Gasteiger partial charge on any atom is 0.165 e. The smallest absolute Gasteiger partial charge is 0.165 e. The van der Waals surface area contributed by atoms with Crippen LogP contribution in [0.5, 0.6) is 0 Å². The molecule has 2 atom stereocenters. The van der Waals surface area contributed by atoms with Crippen molar-refractivity contribution in [3.05, 3.63) is 36.0 Å². The van der Waals surface area contributed by atoms with Crippen molar-refractivity contribution in [2.24, 2.45) is 5.92 Å². The maximum atomic E-state index is 12.6. The van der Waals surface area contributed by atoms with Crippen molar-refractivity contribution >= 4 is 16.7 Å². The van der Waals surface area contributed by atoms with Gasteiger partial charge in [-0.05, 0) is 57.2 Å². The highest BCUT2D eigenvalue weighted by atomic mass is 16.1. The minimum Gasteiger partial charge on any atom is -0.360 e. The molecule has 0 spiro atoms. The summed E-state index contributed by atoms with van der Waals surface area (Å²) < 4.78 is 0. The lowest BCUT2D eigenvalue weighted by Crippen LogP contribution is -2.45. The number of aromatic nitrogens is 1. The summed E-state index contributed by atoms with van der Waals surface area (Å²) in [5, 5.41) is 1.07. The van der Waals surface area contributed by atoms with Crippen molar-refractivity contribution in [2.45, 2.75) is 51.0 Å². The van der Waals surface area contributed by atoms with Gasteiger partial charge in [0.2, 0.25) is 0 Å². The summed E-state index contributed by atoms with van der Waals surface area (Å²) in [4.78, 5) is 18.5. The molecule has 0 aliphatic carbocycles. The van der Waals surface area contributed by atoms with E-state index in [0.717, 1.165) is 34.8 Å². The molecule has 0 bridgehead atoms. The van der Waals surface area contributed by atoms with E-state index in [2.05, 4.69) is 9.88 Å². The summed E-state index contributed by atoms with van der Waals surface area (Å²) in [6.07, 6.45) is 10.4. The molecule has 3 heteroatoms. The second-order valence-corrected chi connectivity index (χ2v) is 7.29. The molecule has 23 heavy (non-hydrogen) atoms. The first-order chi connectivity index (χ1) is 11.3. The molecule has 3 heterocycles. The van der Waals surface area contributed by atoms with Crippen LogP contribution in [0.2, 0.25) is 0 Å². The van der Waals surface area contributed by atoms with Crippen LogP contribution in [0, 0.1) is 5.92 Å². The predicted octanol–water partition coefficient (Wildman–Crippen LogP) is 4.40. The van der Waals surface area contributed by atoms with E-state index in [-0.39, 0.29) is 0 Å². The molecule has 2 unspecified atom stereocenters. The summed E-state index contributed by atoms with van der Waals surface area (Å²) in [6, 6.07) is 8.88. The number of benzene rings is 1. The number of H-pyrrole nitrogens is 1. The number of hydrogen-bond acceptors (Lipinski definition) is 2. The van der Waals surface area contributed by atoms with Crippen LogP contribution >= 0.6 is 0 Å². The molecule has 2 fully saturated rings. The molecule has 122 valence electrons. The van der Waals surface area contributed by atoms with Crippen LogP contribution in [0.1, 0.15) is 55.3 Å². The van der Waals surface area contributed by atoms with Gasteiger partial charge in [0.1, 0.15) is 0 Å². The fraction of sp³-hybridized carbons (Fsp3) is 0.550. The van der Waals surface area contributed by atoms with Crippen LogP contribution in [0.4, 0.5) is 0 Å². The van der Waals surface area contributed by atoms with E-state index >= 15 is 0 Å². The molecule has 2 aromatic rings. The monoisotopic (exact) mass is 310 g/mol. The average Bonchev–Trinajstić information content (AvgIpc) is 3.03. The summed E-state index contributed by atoms with van der Waals surface area (Å²) in [7, 11) is 0. The van der Waals surface area contributed by atoms with E-state index in [4.69, 9.17) is 0 Å². The second kappa shape index (κ2) is 6.48. The van der Waals surface area contributed by atoms with Crippen molar-refractivity contribution in [2.75, 3.05) is 13.1 Å². The number of Topliss-reactive ketones (excluding diaryl/α,β-unsaturated/α-hetero) is 1. The molecule has 1 aromatic heterocycles. The molecule has 1 N–H and O–H groups in total. The normalized spacial score (nSPS) is 25.4. The molecule has 0 saturated carbocycles. The molecule has 0 amide bonds. The number of ketones is 1. The van der Waals surface area contributed by atoms with Crippen molar-refractivity contribution in [3.8, 4) is 0 Å². The van der Waals surface area contributed by atoms with E-state index in [0.29, 0.717) is 12.2 Å². The number of hydrogen-bond donors (Lipinski definition) is 1. The molecule has 0 radical (unpaired) electrons. The molecular formula is C20H26N2O. The fourth-order valence-electron chi connectivity index (χ4n) is 4.51. The number of carbonyl (C=O) groups is 1. The zero-order valence-corrected chi connectivity index (χ0v) is 13.8. The van der Waals surface area contributed by atoms with Crippen molar-refractivity contribution in [1.82, 2.24) is 9.88 Å². The van der Waals surface area contributed by atoms with E-state index in [1.54, 1.807) is 0 Å². The number of fused-ring (bicyclic) bond motifs is 2. The molecule has 1 aromatic carbocycles. The van der Waals surface area contributed by atoms with Gasteiger partial charge in [0.15, 0.2) is 5.78 Å². The van der Waals surface area contributed by atoms with Crippen LogP contribution in [0.3, 0.4) is 0 Å². The van der Waals surface area contributed by atoms with E-state index in [9.17, 15) is 4.79 Å². The number of para-hydroxylation sites is 1. The van der Waals surface area contributed by atoms with Crippen LogP contribution in [-0.4, -0.2) is 34.8 Å². The molecule has 2 aliphatic heterocycles. The standard InChI is InChI=1S/C20H26N2O/c23-20(18-14-21-19-7-2-1-6-17(18)19)9-8-15-10-12-22-11-4-3-5-16(22)13-15/h1-2,6-7,14-16,21H,3-5,8-13H2. The minimum absolute atomic E-state index is 0.300. The highest BCUT2D eigenvalue weighted by molar-refractivity contribution is 6.07. The van der Waals surface area contributed by atoms with Crippen molar-refractivity contribution < 1.29 is 4.79 Å². The summed E-state index contributed by atoms with van der Waals surface area (Å²) in [6.45, 7) is 2.54. The Bertz CT molecular complexity index is 690. The zero-order chi connectivity index (χ0) is 15.6. The first-order valence-corrected chi connectivity index (χ1v) is 9.14. The van der Waals surface area contributed by atoms with Gasteiger partial charge < -0.3 is 9.88 Å². The lowest BCUT2D eigenvalue weighted by atomic mass is 9.83. The summed E-state index contributed by atoms with van der Waals surface area (Å²) in [5.74, 6) is 1.04. The number of piperidine rings is 2. The third-order valence-electron chi connectivity index (χ3n) is 5.85. The van der Waals surface area contributed by atoms with E-state index < -0.39 is 0 Å². The zero-order valence-electron chi connectivity index (χ0n) is 13.8. The fourth-order valence-corrected chi connectivity index (χ4v) is 4.51. The highest BCUT2D eigenvalue weighted by Gasteiger charge is 2.30. The SMILES string of the molecule is O=C(CCC1CCN2CCCCC2C1)c1c[nH]c2ccccc12. The van der Waals surface area contributed by atoms with Gasteiger partial charge in [-0.2, -0.15) is 0 Å². The third kappa shape index (κ3) is 3.07. The van der Waals surface area contributed by atoms with Gasteiger partial charge in [-0.15, -0.1) is 0 Å². The lowest BCUT2D eigenvalue weighted by molar-refractivity contribution is 0.0730. The Morgan fingerprint density at radius 1 is 1.17 bits per heavy atom. The van der Waals surface area contributed by atoms with Gasteiger partial charge in [-0.25, -0.2) is 0 Å². The van der Waals surface area contributed by atoms with Gasteiger partial charge in [0.25, 0.3) is 0 Å². The molecule has 3 nitrogen and oxygen atoms in total. The Morgan fingerprint density at radius 3 is 3.04 bits per heavy atom. The van der Waals surface area contributed by atoms with Crippen molar-refractivity contribution in [3.63, 3.8) is 0 Å². The minimum atomic E-state index is 0.300. The molecular weight excluding hydrogens is 284 g/mol. The topological polar surface area (TPSA) is 36.1 Å². The predicted molar refractivity (Wildman–Crippen MR) is 93.8 cm³/mol. The van der Waals surface area contributed by atoms with Crippen LogP contribution in [-0.2, 0) is 0 Å². The van der Waals surface area contributed by atoms with Gasteiger partial charge in [-0.3, -0.25) is 4.79 Å². The number of nitrogens with one attached hydrogen (secondary N) is 1. The van der Waals surface area contributed by atoms with E-state index in [1.807, 2.05) is 30.5 Å². The Morgan fingerprint density at radius 2 is 2.09 bits per heavy atom. The summed E-state index contributed by atoms with van der Waals surface area (Å²) >= 11 is 0. The number of rotatable bonds is 4. The molecule has 2 aliphatic rings. The Labute approximate surface area is 138 Å². The van der Waals surface area contributed by atoms with Crippen LogP contribution < -0.4 is 0 Å². The first-order valence-electron chi connectivity index (χ1n) is 9.14. The largest absolute Gasteiger partial charge is 0.360 e. The van der Waals surface area contributed by atoms with E-state index in [1.165, 1.54) is 45.2 Å². The first kappa shape index (κ1) is 14.9. The third-order valence-corrected chi connectivity index (χ3v) is 5.85. The number of carbonyl (C=O) groups excluding carboxylic acids is 1. The van der Waals surface area contributed by atoms with Gasteiger partial charge in [-0.1, -0.05) is 24.6 Å². The Balaban J connectivity index is 1.36. The van der Waals surface area contributed by atoms with Gasteiger partial charge in [0, 0.05) is 35.1 Å². The quantitative estimate of drug-likeness (QED) is 0.850.